The Kier molecular flexibility index (Phi) is 8.84. The molecule has 2 aromatic carbocycles. The van der Waals surface area contributed by atoms with Crippen molar-refractivity contribution in [3.8, 4) is 5.75 Å². The minimum absolute atomic E-state index is 0.0263. The lowest BCUT2D eigenvalue weighted by atomic mass is 9.83. The smallest absolute Gasteiger partial charge is 0.409 e. The molecule has 1 N–H and O–H groups in total. The number of halogens is 1. The summed E-state index contributed by atoms with van der Waals surface area (Å²) < 4.78 is 13.0. The number of fused-ring (bicyclic) bond motifs is 4. The van der Waals surface area contributed by atoms with Crippen molar-refractivity contribution in [1.82, 2.24) is 14.4 Å². The summed E-state index contributed by atoms with van der Waals surface area (Å²) in [7, 11) is 1.55. The van der Waals surface area contributed by atoms with Crippen LogP contribution in [0.4, 0.5) is 16.2 Å². The van der Waals surface area contributed by atoms with Gasteiger partial charge in [-0.05, 0) is 77.7 Å². The van der Waals surface area contributed by atoms with Crippen molar-refractivity contribution in [2.45, 2.75) is 25.8 Å². The van der Waals surface area contributed by atoms with Crippen molar-refractivity contribution in [3.05, 3.63) is 86.2 Å². The van der Waals surface area contributed by atoms with Crippen molar-refractivity contribution in [3.63, 3.8) is 0 Å². The first-order chi connectivity index (χ1) is 21.7. The van der Waals surface area contributed by atoms with Gasteiger partial charge >= 0.3 is 6.09 Å². The summed E-state index contributed by atoms with van der Waals surface area (Å²) in [5, 5.41) is 3.08. The van der Waals surface area contributed by atoms with Crippen LogP contribution in [0.25, 0.3) is 0 Å². The Balaban J connectivity index is 1.29. The van der Waals surface area contributed by atoms with Crippen LogP contribution in [0, 0.1) is 5.92 Å². The highest BCUT2D eigenvalue weighted by atomic mass is 79.9. The number of piperazine rings is 1. The normalized spacial score (nSPS) is 19.0. The van der Waals surface area contributed by atoms with Gasteiger partial charge in [-0.3, -0.25) is 14.4 Å². The summed E-state index contributed by atoms with van der Waals surface area (Å²) >= 11 is 3.48. The molecule has 12 heteroatoms. The van der Waals surface area contributed by atoms with Crippen LogP contribution in [-0.2, 0) is 11.3 Å². The fraction of sp³-hybridized carbons (Fsp3) is 0.394. The van der Waals surface area contributed by atoms with Gasteiger partial charge in [0.25, 0.3) is 17.4 Å². The van der Waals surface area contributed by atoms with E-state index in [9.17, 15) is 19.2 Å². The van der Waals surface area contributed by atoms with E-state index in [1.807, 2.05) is 22.8 Å². The van der Waals surface area contributed by atoms with Crippen LogP contribution >= 0.6 is 15.9 Å². The number of nitrogens with one attached hydrogen (secondary N) is 1. The van der Waals surface area contributed by atoms with Gasteiger partial charge in [-0.2, -0.15) is 0 Å². The van der Waals surface area contributed by atoms with Gasteiger partial charge in [-0.25, -0.2) is 4.79 Å². The summed E-state index contributed by atoms with van der Waals surface area (Å²) in [6.45, 7) is 5.64. The number of aromatic nitrogens is 1. The third kappa shape index (κ3) is 6.28. The highest BCUT2D eigenvalue weighted by Gasteiger charge is 2.36. The first kappa shape index (κ1) is 30.7. The van der Waals surface area contributed by atoms with Gasteiger partial charge in [-0.1, -0.05) is 6.07 Å². The van der Waals surface area contributed by atoms with Gasteiger partial charge in [0.2, 0.25) is 0 Å². The van der Waals surface area contributed by atoms with E-state index in [2.05, 4.69) is 26.1 Å². The number of pyridine rings is 1. The molecule has 0 aliphatic carbocycles. The van der Waals surface area contributed by atoms with Crippen LogP contribution in [0.2, 0.25) is 0 Å². The second-order valence-electron chi connectivity index (χ2n) is 11.6. The number of hydrogen-bond donors (Lipinski definition) is 1. The summed E-state index contributed by atoms with van der Waals surface area (Å²) in [5.41, 5.74) is 3.23. The Morgan fingerprint density at radius 1 is 0.956 bits per heavy atom. The lowest BCUT2D eigenvalue weighted by Crippen LogP contribution is -2.50. The number of piperidine rings is 1. The third-order valence-corrected chi connectivity index (χ3v) is 9.51. The SMILES string of the molecule is CCOC(=O)N1CCN(C(=O)c2ccc(N3CC4CC(C3)c3cccc(=O)n3C4)c(NC(=O)c3cc(OC)ccc3Br)c2)CC1. The summed E-state index contributed by atoms with van der Waals surface area (Å²) in [4.78, 5) is 57.6. The molecule has 236 valence electrons. The molecule has 11 nitrogen and oxygen atoms in total. The molecular formula is C33H36BrN5O6. The quantitative estimate of drug-likeness (QED) is 0.411. The topological polar surface area (TPSA) is 113 Å². The van der Waals surface area contributed by atoms with E-state index in [1.165, 1.54) is 0 Å². The Hall–Kier alpha value is -4.32. The van der Waals surface area contributed by atoms with Crippen LogP contribution < -0.4 is 20.5 Å². The maximum Gasteiger partial charge on any atom is 0.409 e. The lowest BCUT2D eigenvalue weighted by molar-refractivity contribution is 0.0570. The molecule has 3 aliphatic rings. The van der Waals surface area contributed by atoms with E-state index in [1.54, 1.807) is 60.2 Å². The number of benzene rings is 2. The molecule has 4 heterocycles. The molecule has 2 unspecified atom stereocenters. The van der Waals surface area contributed by atoms with Gasteiger partial charge in [0, 0.05) is 73.5 Å². The molecule has 0 radical (unpaired) electrons. The van der Waals surface area contributed by atoms with Crippen molar-refractivity contribution < 1.29 is 23.9 Å². The zero-order valence-corrected chi connectivity index (χ0v) is 26.9. The summed E-state index contributed by atoms with van der Waals surface area (Å²) in [5.74, 6) is 0.465. The number of carbonyl (C=O) groups excluding carboxylic acids is 3. The average molecular weight is 679 g/mol. The molecule has 3 aliphatic heterocycles. The molecule has 2 atom stereocenters. The molecule has 2 fully saturated rings. The third-order valence-electron chi connectivity index (χ3n) is 8.82. The Morgan fingerprint density at radius 3 is 2.49 bits per heavy atom. The standard InChI is InChI=1S/C33H36BrN5O6/c1-3-45-33(43)37-13-11-36(12-14-37)32(42)22-7-10-29(27(16-22)35-31(41)25-17-24(44-2)8-9-26(25)34)38-18-21-15-23(20-38)28-5-4-6-30(40)39(28)19-21/h4-10,16-17,21,23H,3,11-15,18-20H2,1-2H3,(H,35,41). The van der Waals surface area contributed by atoms with Crippen LogP contribution in [0.1, 0.15) is 45.7 Å². The Bertz CT molecular complexity index is 1680. The average Bonchev–Trinajstić information content (AvgIpc) is 3.05. The van der Waals surface area contributed by atoms with E-state index in [0.717, 1.165) is 17.8 Å². The molecular weight excluding hydrogens is 642 g/mol. The zero-order chi connectivity index (χ0) is 31.7. The number of nitrogens with zero attached hydrogens (tertiary/aromatic N) is 4. The number of ether oxygens (including phenoxy) is 2. The van der Waals surface area contributed by atoms with Gasteiger partial charge in [0.15, 0.2) is 0 Å². The second-order valence-corrected chi connectivity index (χ2v) is 12.5. The second kappa shape index (κ2) is 13.0. The van der Waals surface area contributed by atoms with Gasteiger partial charge in [0.05, 0.1) is 30.7 Å². The summed E-state index contributed by atoms with van der Waals surface area (Å²) in [6, 6.07) is 16.1. The van der Waals surface area contributed by atoms with Gasteiger partial charge < -0.3 is 34.1 Å². The van der Waals surface area contributed by atoms with Crippen molar-refractivity contribution in [2.24, 2.45) is 5.92 Å². The van der Waals surface area contributed by atoms with Crippen molar-refractivity contribution in [1.29, 1.82) is 0 Å². The maximum atomic E-state index is 13.7. The molecule has 2 bridgehead atoms. The predicted octanol–water partition coefficient (Wildman–Crippen LogP) is 4.41. The number of methoxy groups -OCH3 is 1. The highest BCUT2D eigenvalue weighted by molar-refractivity contribution is 9.10. The van der Waals surface area contributed by atoms with Crippen molar-refractivity contribution >= 4 is 45.2 Å². The van der Waals surface area contributed by atoms with Crippen LogP contribution in [0.5, 0.6) is 5.75 Å². The van der Waals surface area contributed by atoms with Gasteiger partial charge in [-0.15, -0.1) is 0 Å². The van der Waals surface area contributed by atoms with E-state index < -0.39 is 0 Å². The number of rotatable bonds is 6. The predicted molar refractivity (Wildman–Crippen MR) is 173 cm³/mol. The molecule has 6 rings (SSSR count). The molecule has 0 spiro atoms. The first-order valence-corrected chi connectivity index (χ1v) is 16.0. The largest absolute Gasteiger partial charge is 0.497 e. The fourth-order valence-corrected chi connectivity index (χ4v) is 7.05. The lowest BCUT2D eigenvalue weighted by Gasteiger charge is -2.44. The number of anilines is 2. The Morgan fingerprint density at radius 2 is 1.73 bits per heavy atom. The van der Waals surface area contributed by atoms with Crippen LogP contribution in [0.3, 0.4) is 0 Å². The van der Waals surface area contributed by atoms with Crippen LogP contribution in [0.15, 0.2) is 63.9 Å². The molecule has 1 aromatic heterocycles. The minimum Gasteiger partial charge on any atom is -0.497 e. The van der Waals surface area contributed by atoms with Crippen molar-refractivity contribution in [2.75, 3.05) is 63.2 Å². The summed E-state index contributed by atoms with van der Waals surface area (Å²) in [6.07, 6.45) is 0.619. The van der Waals surface area contributed by atoms with Gasteiger partial charge in [0.1, 0.15) is 5.75 Å². The monoisotopic (exact) mass is 677 g/mol. The first-order valence-electron chi connectivity index (χ1n) is 15.2. The maximum absolute atomic E-state index is 13.7. The molecule has 3 amide bonds. The van der Waals surface area contributed by atoms with E-state index >= 15 is 0 Å². The number of amides is 3. The van der Waals surface area contributed by atoms with E-state index in [4.69, 9.17) is 9.47 Å². The molecule has 3 aromatic rings. The molecule has 45 heavy (non-hydrogen) atoms. The fourth-order valence-electron chi connectivity index (χ4n) is 6.62. The van der Waals surface area contributed by atoms with Crippen LogP contribution in [-0.4, -0.2) is 85.3 Å². The van der Waals surface area contributed by atoms with E-state index in [0.29, 0.717) is 79.5 Å². The van der Waals surface area contributed by atoms with E-state index in [-0.39, 0.29) is 35.3 Å². The molecule has 2 saturated heterocycles. The number of hydrogen-bond acceptors (Lipinski definition) is 7. The zero-order valence-electron chi connectivity index (χ0n) is 25.3. The number of carbonyl (C=O) groups is 3. The molecule has 0 saturated carbocycles. The minimum atomic E-state index is -0.374. The Labute approximate surface area is 269 Å². The highest BCUT2D eigenvalue weighted by Crippen LogP contribution is 2.39.